The summed E-state index contributed by atoms with van der Waals surface area (Å²) in [5, 5.41) is 3.15. The molecule has 3 aromatic rings. The molecule has 37 heavy (non-hydrogen) atoms. The Labute approximate surface area is 217 Å². The molecule has 3 fully saturated rings. The fraction of sp³-hybridized carbons (Fsp3) is 0.333. The Morgan fingerprint density at radius 2 is 1.86 bits per heavy atom. The molecular weight excluding hydrogens is 534 g/mol. The van der Waals surface area contributed by atoms with Gasteiger partial charge in [0.1, 0.15) is 17.5 Å². The first kappa shape index (κ1) is 27.1. The molecule has 0 radical (unpaired) electrons. The number of halogens is 5. The average molecular weight is 558 g/mol. The van der Waals surface area contributed by atoms with Gasteiger partial charge in [0.25, 0.3) is 10.0 Å². The number of nitrogens with one attached hydrogen (secondary N) is 2. The van der Waals surface area contributed by atoms with Gasteiger partial charge in [0.15, 0.2) is 5.03 Å². The molecule has 2 N–H and O–H groups in total. The van der Waals surface area contributed by atoms with E-state index in [9.17, 15) is 26.0 Å². The van der Waals surface area contributed by atoms with Gasteiger partial charge >= 0.3 is 6.18 Å². The van der Waals surface area contributed by atoms with Crippen molar-refractivity contribution in [3.63, 3.8) is 0 Å². The second-order valence-corrected chi connectivity index (χ2v) is 10.6. The van der Waals surface area contributed by atoms with E-state index in [1.165, 1.54) is 19.1 Å². The van der Waals surface area contributed by atoms with E-state index in [1.807, 2.05) is 0 Å². The molecule has 0 unspecified atom stereocenters. The minimum absolute atomic E-state index is 0. The molecule has 0 amide bonds. The van der Waals surface area contributed by atoms with Crippen molar-refractivity contribution in [2.75, 3.05) is 22.7 Å². The number of alkyl halides is 3. The lowest BCUT2D eigenvalue weighted by Gasteiger charge is -2.46. The summed E-state index contributed by atoms with van der Waals surface area (Å²) in [6, 6.07) is 10.2. The lowest BCUT2D eigenvalue weighted by molar-refractivity contribution is -0.137. The highest BCUT2D eigenvalue weighted by molar-refractivity contribution is 7.92. The van der Waals surface area contributed by atoms with Crippen LogP contribution in [0.1, 0.15) is 24.0 Å². The van der Waals surface area contributed by atoms with Crippen molar-refractivity contribution in [3.8, 4) is 11.3 Å². The van der Waals surface area contributed by atoms with Crippen LogP contribution in [0, 0.1) is 12.7 Å². The molecule has 198 valence electrons. The lowest BCUT2D eigenvalue weighted by Crippen LogP contribution is -2.61. The first-order chi connectivity index (χ1) is 17.0. The van der Waals surface area contributed by atoms with Gasteiger partial charge in [-0.25, -0.2) is 14.4 Å². The van der Waals surface area contributed by atoms with Gasteiger partial charge in [0.05, 0.1) is 11.3 Å². The molecule has 3 aliphatic rings. The van der Waals surface area contributed by atoms with E-state index in [0.717, 1.165) is 43.7 Å². The summed E-state index contributed by atoms with van der Waals surface area (Å²) in [5.41, 5.74) is -1.40. The average Bonchev–Trinajstić information content (AvgIpc) is 2.85. The van der Waals surface area contributed by atoms with Crippen LogP contribution in [-0.4, -0.2) is 43.6 Å². The van der Waals surface area contributed by atoms with E-state index in [4.69, 9.17) is 0 Å². The van der Waals surface area contributed by atoms with Crippen LogP contribution in [0.25, 0.3) is 11.3 Å². The van der Waals surface area contributed by atoms with E-state index >= 15 is 0 Å². The molecule has 7 nitrogen and oxygen atoms in total. The van der Waals surface area contributed by atoms with E-state index in [-0.39, 0.29) is 34.9 Å². The topological polar surface area (TPSA) is 87.2 Å². The molecule has 0 spiro atoms. The van der Waals surface area contributed by atoms with Crippen LogP contribution >= 0.6 is 12.4 Å². The van der Waals surface area contributed by atoms with Crippen molar-refractivity contribution in [1.82, 2.24) is 15.3 Å². The second-order valence-electron chi connectivity index (χ2n) is 8.98. The number of anilines is 2. The van der Waals surface area contributed by atoms with Crippen LogP contribution < -0.4 is 14.9 Å². The number of benzene rings is 1. The summed E-state index contributed by atoms with van der Waals surface area (Å²) < 4.78 is 83.4. The first-order valence-corrected chi connectivity index (χ1v) is 12.8. The zero-order chi connectivity index (χ0) is 25.7. The number of aromatic nitrogens is 2. The SMILES string of the molecule is Cc1ccc(F)cc1-c1nc(NS(=O)(=O)c2cccc(N3C[C@@H]4CC[C@H]3CN4)n2)ccc1C(F)(F)F.Cl. The molecule has 2 aromatic heterocycles. The summed E-state index contributed by atoms with van der Waals surface area (Å²) in [6.07, 6.45) is -2.75. The summed E-state index contributed by atoms with van der Waals surface area (Å²) in [4.78, 5) is 10.4. The Balaban J connectivity index is 0.00000320. The lowest BCUT2D eigenvalue weighted by atomic mass is 9.93. The number of piperazine rings is 1. The van der Waals surface area contributed by atoms with Gasteiger partial charge < -0.3 is 10.2 Å². The van der Waals surface area contributed by atoms with Crippen LogP contribution in [0.4, 0.5) is 29.2 Å². The van der Waals surface area contributed by atoms with Gasteiger partial charge in [-0.2, -0.15) is 21.6 Å². The number of hydrogen-bond acceptors (Lipinski definition) is 6. The maximum Gasteiger partial charge on any atom is 0.418 e. The Kier molecular flexibility index (Phi) is 7.37. The van der Waals surface area contributed by atoms with Gasteiger partial charge in [-0.3, -0.25) is 4.72 Å². The third-order valence-electron chi connectivity index (χ3n) is 6.52. The van der Waals surface area contributed by atoms with E-state index in [0.29, 0.717) is 24.0 Å². The largest absolute Gasteiger partial charge is 0.418 e. The molecule has 0 aliphatic carbocycles. The van der Waals surface area contributed by atoms with E-state index in [1.54, 1.807) is 12.1 Å². The number of pyridine rings is 2. The maximum atomic E-state index is 13.9. The van der Waals surface area contributed by atoms with Crippen molar-refractivity contribution in [1.29, 1.82) is 0 Å². The number of sulfonamides is 1. The third-order valence-corrected chi connectivity index (χ3v) is 7.78. The summed E-state index contributed by atoms with van der Waals surface area (Å²) in [7, 11) is -4.27. The zero-order valence-electron chi connectivity index (χ0n) is 19.6. The molecular formula is C24H24ClF4N5O2S. The third kappa shape index (κ3) is 5.51. The predicted octanol–water partition coefficient (Wildman–Crippen LogP) is 4.77. The molecule has 3 aliphatic heterocycles. The van der Waals surface area contributed by atoms with Crippen molar-refractivity contribution in [2.45, 2.75) is 43.1 Å². The molecule has 6 rings (SSSR count). The summed E-state index contributed by atoms with van der Waals surface area (Å²) >= 11 is 0. The maximum absolute atomic E-state index is 13.9. The molecule has 3 saturated heterocycles. The quantitative estimate of drug-likeness (QED) is 0.439. The fourth-order valence-corrected chi connectivity index (χ4v) is 5.66. The highest BCUT2D eigenvalue weighted by Gasteiger charge is 2.36. The van der Waals surface area contributed by atoms with Gasteiger partial charge in [-0.15, -0.1) is 12.4 Å². The number of piperidine rings is 2. The van der Waals surface area contributed by atoms with Crippen LogP contribution in [0.5, 0.6) is 0 Å². The molecule has 2 bridgehead atoms. The normalized spacial score (nSPS) is 19.4. The van der Waals surface area contributed by atoms with Crippen molar-refractivity contribution in [2.24, 2.45) is 0 Å². The summed E-state index contributed by atoms with van der Waals surface area (Å²) in [5.74, 6) is -0.556. The second kappa shape index (κ2) is 10.1. The van der Waals surface area contributed by atoms with Crippen molar-refractivity contribution >= 4 is 34.1 Å². The van der Waals surface area contributed by atoms with E-state index in [2.05, 4.69) is 24.9 Å². The molecule has 1 aromatic carbocycles. The van der Waals surface area contributed by atoms with Gasteiger partial charge in [-0.05, 0) is 61.7 Å². The minimum atomic E-state index is -4.78. The molecule has 13 heteroatoms. The number of fused-ring (bicyclic) bond motifs is 3. The zero-order valence-corrected chi connectivity index (χ0v) is 21.2. The Bertz CT molecular complexity index is 1410. The predicted molar refractivity (Wildman–Crippen MR) is 134 cm³/mol. The fourth-order valence-electron chi connectivity index (χ4n) is 4.69. The number of aryl methyl sites for hydroxylation is 1. The van der Waals surface area contributed by atoms with Crippen molar-refractivity contribution in [3.05, 3.63) is 65.5 Å². The Hall–Kier alpha value is -2.96. The number of rotatable bonds is 5. The Morgan fingerprint density at radius 1 is 1.08 bits per heavy atom. The summed E-state index contributed by atoms with van der Waals surface area (Å²) in [6.45, 7) is 3.02. The minimum Gasteiger partial charge on any atom is -0.351 e. The number of hydrogen-bond donors (Lipinski definition) is 2. The molecule has 2 atom stereocenters. The van der Waals surface area contributed by atoms with E-state index < -0.39 is 33.3 Å². The highest BCUT2D eigenvalue weighted by atomic mass is 35.5. The van der Waals surface area contributed by atoms with Gasteiger partial charge in [-0.1, -0.05) is 12.1 Å². The standard InChI is InChI=1S/C24H23F4N5O2S.ClH/c1-14-5-6-15(25)11-18(14)23-19(24(26,27)28)9-10-20(30-23)32-36(34,35)22-4-2-3-21(31-22)33-13-16-7-8-17(33)12-29-16;/h2-6,9-11,16-17,29H,7-8,12-13H2,1H3,(H,30,32);1H/t16-,17-;/m0./s1. The van der Waals surface area contributed by atoms with Gasteiger partial charge in [0.2, 0.25) is 0 Å². The Morgan fingerprint density at radius 3 is 2.51 bits per heavy atom. The van der Waals surface area contributed by atoms with Crippen LogP contribution in [0.2, 0.25) is 0 Å². The molecule has 0 saturated carbocycles. The van der Waals surface area contributed by atoms with Gasteiger partial charge in [0, 0.05) is 30.7 Å². The number of nitrogens with zero attached hydrogens (tertiary/aromatic N) is 3. The van der Waals surface area contributed by atoms with Crippen LogP contribution in [0.15, 0.2) is 53.6 Å². The highest BCUT2D eigenvalue weighted by Crippen LogP contribution is 2.38. The monoisotopic (exact) mass is 557 g/mol. The van der Waals surface area contributed by atoms with Crippen LogP contribution in [0.3, 0.4) is 0 Å². The smallest absolute Gasteiger partial charge is 0.351 e. The van der Waals surface area contributed by atoms with Crippen LogP contribution in [-0.2, 0) is 16.2 Å². The first-order valence-electron chi connectivity index (χ1n) is 11.4. The molecule has 5 heterocycles. The van der Waals surface area contributed by atoms with Crippen molar-refractivity contribution < 1.29 is 26.0 Å².